The molecule has 0 spiro atoms. The van der Waals surface area contributed by atoms with Crippen LogP contribution in [0, 0.1) is 6.92 Å². The molecule has 0 saturated heterocycles. The maximum absolute atomic E-state index is 13.6. The number of allylic oxidation sites excluding steroid dienone is 3. The Hall–Kier alpha value is -3.89. The smallest absolute Gasteiger partial charge is 0.421 e. The first-order valence-corrected chi connectivity index (χ1v) is 9.72. The molecule has 0 atom stereocenters. The van der Waals surface area contributed by atoms with E-state index in [0.717, 1.165) is 17.2 Å². The van der Waals surface area contributed by atoms with Crippen LogP contribution in [-0.4, -0.2) is 28.0 Å². The highest BCUT2D eigenvalue weighted by Crippen LogP contribution is 2.35. The minimum absolute atomic E-state index is 0.0766. The van der Waals surface area contributed by atoms with Gasteiger partial charge in [0, 0.05) is 18.0 Å². The van der Waals surface area contributed by atoms with Gasteiger partial charge in [-0.1, -0.05) is 12.2 Å². The zero-order chi connectivity index (χ0) is 24.8. The number of aromatic nitrogens is 3. The maximum atomic E-state index is 13.6. The van der Waals surface area contributed by atoms with Crippen molar-refractivity contribution in [3.63, 3.8) is 0 Å². The summed E-state index contributed by atoms with van der Waals surface area (Å²) in [7, 11) is 1.47. The number of amides is 1. The minimum Gasteiger partial charge on any atom is -0.481 e. The van der Waals surface area contributed by atoms with E-state index in [1.807, 2.05) is 0 Å². The van der Waals surface area contributed by atoms with Gasteiger partial charge in [-0.3, -0.25) is 4.79 Å². The third-order valence-corrected chi connectivity index (χ3v) is 4.22. The van der Waals surface area contributed by atoms with E-state index in [0.29, 0.717) is 17.8 Å². The van der Waals surface area contributed by atoms with Crippen molar-refractivity contribution < 1.29 is 22.7 Å². The molecule has 0 aliphatic carbocycles. The van der Waals surface area contributed by atoms with E-state index in [1.165, 1.54) is 20.2 Å². The molecular weight excluding hydrogens is 437 g/mol. The van der Waals surface area contributed by atoms with Gasteiger partial charge in [0.05, 0.1) is 24.7 Å². The standard InChI is InChI=1S/C22H25F3N6O2/c1-7-18(32)29-16(8-12(2)3)14(5)28-20-15(22(23,24)25)10-27-21(31-20)30-17-11-26-19(33-6)9-13(17)4/h7-11H,1H2,2-6H3,(H,29,32)(H2,27,28,30,31)/b16-14-. The number of alkyl halides is 3. The van der Waals surface area contributed by atoms with Crippen molar-refractivity contribution in [1.29, 1.82) is 0 Å². The van der Waals surface area contributed by atoms with Gasteiger partial charge in [-0.25, -0.2) is 9.97 Å². The third kappa shape index (κ3) is 7.06. The summed E-state index contributed by atoms with van der Waals surface area (Å²) in [6.07, 6.45) is 0.111. The van der Waals surface area contributed by atoms with Crippen LogP contribution in [0.15, 0.2) is 54.2 Å². The third-order valence-electron chi connectivity index (χ3n) is 4.22. The van der Waals surface area contributed by atoms with Crippen molar-refractivity contribution in [3.8, 4) is 5.88 Å². The van der Waals surface area contributed by atoms with E-state index in [2.05, 4.69) is 37.5 Å². The largest absolute Gasteiger partial charge is 0.481 e. The molecule has 1 amide bonds. The minimum atomic E-state index is -4.71. The number of ether oxygens (including phenoxy) is 1. The molecule has 0 fully saturated rings. The number of rotatable bonds is 8. The second-order valence-corrected chi connectivity index (χ2v) is 7.20. The SMILES string of the molecule is C=CC(=O)N/C(C=C(C)C)=C(/C)Nc1nc(Nc2cnc(OC)cc2C)ncc1C(F)(F)F. The molecule has 0 radical (unpaired) electrons. The number of methoxy groups -OCH3 is 1. The van der Waals surface area contributed by atoms with E-state index < -0.39 is 23.5 Å². The van der Waals surface area contributed by atoms with Crippen molar-refractivity contribution in [2.45, 2.75) is 33.9 Å². The molecule has 2 heterocycles. The summed E-state index contributed by atoms with van der Waals surface area (Å²) in [5.74, 6) is -0.675. The van der Waals surface area contributed by atoms with Crippen LogP contribution in [0.2, 0.25) is 0 Å². The summed E-state index contributed by atoms with van der Waals surface area (Å²) < 4.78 is 45.9. The molecule has 33 heavy (non-hydrogen) atoms. The second kappa shape index (κ2) is 10.6. The maximum Gasteiger partial charge on any atom is 0.421 e. The van der Waals surface area contributed by atoms with Crippen LogP contribution in [0.3, 0.4) is 0 Å². The topological polar surface area (TPSA) is 101 Å². The molecule has 3 N–H and O–H groups in total. The Kier molecular flexibility index (Phi) is 8.16. The van der Waals surface area contributed by atoms with Crippen LogP contribution in [0.5, 0.6) is 5.88 Å². The monoisotopic (exact) mass is 462 g/mol. The molecule has 0 unspecified atom stereocenters. The fourth-order valence-electron chi connectivity index (χ4n) is 2.59. The number of halogens is 3. The zero-order valence-electron chi connectivity index (χ0n) is 18.9. The van der Waals surface area contributed by atoms with Gasteiger partial charge in [-0.2, -0.15) is 18.2 Å². The number of aryl methyl sites for hydroxylation is 1. The Morgan fingerprint density at radius 3 is 2.42 bits per heavy atom. The van der Waals surface area contributed by atoms with Gasteiger partial charge in [0.25, 0.3) is 0 Å². The molecule has 11 heteroatoms. The number of nitrogens with zero attached hydrogens (tertiary/aromatic N) is 3. The number of anilines is 3. The van der Waals surface area contributed by atoms with E-state index >= 15 is 0 Å². The first kappa shape index (κ1) is 25.4. The van der Waals surface area contributed by atoms with Gasteiger partial charge in [0.2, 0.25) is 17.7 Å². The summed E-state index contributed by atoms with van der Waals surface area (Å²) in [5.41, 5.74) is 1.49. The summed E-state index contributed by atoms with van der Waals surface area (Å²) in [6.45, 7) is 10.2. The molecule has 0 aliphatic heterocycles. The lowest BCUT2D eigenvalue weighted by Crippen LogP contribution is -2.23. The van der Waals surface area contributed by atoms with Gasteiger partial charge in [0.15, 0.2) is 0 Å². The number of hydrogen-bond acceptors (Lipinski definition) is 7. The second-order valence-electron chi connectivity index (χ2n) is 7.20. The van der Waals surface area contributed by atoms with Crippen LogP contribution < -0.4 is 20.7 Å². The summed E-state index contributed by atoms with van der Waals surface area (Å²) in [5, 5.41) is 8.08. The highest BCUT2D eigenvalue weighted by Gasteiger charge is 2.35. The lowest BCUT2D eigenvalue weighted by molar-refractivity contribution is -0.137. The summed E-state index contributed by atoms with van der Waals surface area (Å²) in [6, 6.07) is 1.66. The Labute approximate surface area is 189 Å². The fourth-order valence-corrected chi connectivity index (χ4v) is 2.59. The molecule has 0 aromatic carbocycles. The molecule has 0 aliphatic rings. The van der Waals surface area contributed by atoms with Crippen molar-refractivity contribution in [2.75, 3.05) is 17.7 Å². The van der Waals surface area contributed by atoms with E-state index in [1.54, 1.807) is 32.9 Å². The highest BCUT2D eigenvalue weighted by atomic mass is 19.4. The first-order valence-electron chi connectivity index (χ1n) is 9.72. The van der Waals surface area contributed by atoms with Crippen LogP contribution in [0.1, 0.15) is 31.9 Å². The van der Waals surface area contributed by atoms with Gasteiger partial charge in [0.1, 0.15) is 11.4 Å². The Morgan fingerprint density at radius 1 is 1.18 bits per heavy atom. The van der Waals surface area contributed by atoms with Gasteiger partial charge >= 0.3 is 6.18 Å². The zero-order valence-corrected chi connectivity index (χ0v) is 18.9. The van der Waals surface area contributed by atoms with E-state index in [9.17, 15) is 18.0 Å². The van der Waals surface area contributed by atoms with Gasteiger partial charge in [-0.05, 0) is 45.4 Å². The van der Waals surface area contributed by atoms with Crippen molar-refractivity contribution in [3.05, 3.63) is 65.3 Å². The molecule has 2 aromatic heterocycles. The van der Waals surface area contributed by atoms with Crippen molar-refractivity contribution in [2.24, 2.45) is 0 Å². The Balaban J connectivity index is 2.49. The number of carbonyl (C=O) groups excluding carboxylic acids is 1. The molecule has 8 nitrogen and oxygen atoms in total. The van der Waals surface area contributed by atoms with Crippen molar-refractivity contribution >= 4 is 23.4 Å². The predicted molar refractivity (Wildman–Crippen MR) is 120 cm³/mol. The number of hydrogen-bond donors (Lipinski definition) is 3. The average molecular weight is 462 g/mol. The van der Waals surface area contributed by atoms with Gasteiger partial charge < -0.3 is 20.7 Å². The lowest BCUT2D eigenvalue weighted by atomic mass is 10.2. The Bertz CT molecular complexity index is 1110. The molecule has 2 rings (SSSR count). The molecular formula is C22H25F3N6O2. The van der Waals surface area contributed by atoms with Crippen LogP contribution in [0.25, 0.3) is 0 Å². The fraction of sp³-hybridized carbons (Fsp3) is 0.273. The Morgan fingerprint density at radius 2 is 1.88 bits per heavy atom. The quantitative estimate of drug-likeness (QED) is 0.380. The summed E-state index contributed by atoms with van der Waals surface area (Å²) >= 11 is 0. The normalized spacial score (nSPS) is 11.8. The molecule has 0 bridgehead atoms. The van der Waals surface area contributed by atoms with E-state index in [-0.39, 0.29) is 17.3 Å². The molecule has 176 valence electrons. The van der Waals surface area contributed by atoms with Crippen molar-refractivity contribution in [1.82, 2.24) is 20.3 Å². The van der Waals surface area contributed by atoms with E-state index in [4.69, 9.17) is 4.74 Å². The van der Waals surface area contributed by atoms with Crippen LogP contribution in [-0.2, 0) is 11.0 Å². The summed E-state index contributed by atoms with van der Waals surface area (Å²) in [4.78, 5) is 23.7. The molecule has 0 saturated carbocycles. The first-order chi connectivity index (χ1) is 15.4. The predicted octanol–water partition coefficient (Wildman–Crippen LogP) is 4.86. The van der Waals surface area contributed by atoms with Crippen LogP contribution in [0.4, 0.5) is 30.6 Å². The highest BCUT2D eigenvalue weighted by molar-refractivity contribution is 5.88. The number of carbonyl (C=O) groups is 1. The average Bonchev–Trinajstić information content (AvgIpc) is 2.73. The van der Waals surface area contributed by atoms with Gasteiger partial charge in [-0.15, -0.1) is 0 Å². The lowest BCUT2D eigenvalue weighted by Gasteiger charge is -2.17. The van der Waals surface area contributed by atoms with Crippen LogP contribution >= 0.6 is 0 Å². The number of nitrogens with one attached hydrogen (secondary N) is 3. The number of pyridine rings is 1. The molecule has 2 aromatic rings.